The average molecular weight is 442 g/mol. The van der Waals surface area contributed by atoms with Gasteiger partial charge in [0, 0.05) is 44.3 Å². The van der Waals surface area contributed by atoms with Crippen LogP contribution in [0, 0.1) is 0 Å². The molecule has 2 fully saturated rings. The van der Waals surface area contributed by atoms with Gasteiger partial charge in [-0.3, -0.25) is 9.47 Å². The molecule has 2 aliphatic rings. The molecular formula is C20H25F3N4O4. The third-order valence-electron chi connectivity index (χ3n) is 5.99. The Kier molecular flexibility index (Phi) is 5.87. The molecule has 0 aliphatic carbocycles. The Morgan fingerprint density at radius 1 is 1.16 bits per heavy atom. The summed E-state index contributed by atoms with van der Waals surface area (Å²) >= 11 is 0. The van der Waals surface area contributed by atoms with Crippen LogP contribution >= 0.6 is 0 Å². The zero-order valence-corrected chi connectivity index (χ0v) is 17.2. The number of rotatable bonds is 4. The number of nitrogens with one attached hydrogen (secondary N) is 1. The molecule has 2 aliphatic heterocycles. The Morgan fingerprint density at radius 2 is 1.87 bits per heavy atom. The van der Waals surface area contributed by atoms with Crippen molar-refractivity contribution < 1.29 is 27.4 Å². The molecular weight excluding hydrogens is 417 g/mol. The summed E-state index contributed by atoms with van der Waals surface area (Å²) in [5.74, 6) is -0.365. The van der Waals surface area contributed by atoms with E-state index in [1.807, 2.05) is 0 Å². The summed E-state index contributed by atoms with van der Waals surface area (Å²) in [6.07, 6.45) is -2.70. The predicted molar refractivity (Wildman–Crippen MR) is 106 cm³/mol. The summed E-state index contributed by atoms with van der Waals surface area (Å²) in [6.45, 7) is 5.01. The molecule has 1 atom stereocenters. The van der Waals surface area contributed by atoms with Crippen molar-refractivity contribution >= 4 is 17.1 Å². The second kappa shape index (κ2) is 8.45. The number of halogens is 3. The fourth-order valence-corrected chi connectivity index (χ4v) is 4.60. The molecule has 1 aromatic heterocycles. The molecule has 0 unspecified atom stereocenters. The van der Waals surface area contributed by atoms with Crippen LogP contribution in [0.2, 0.25) is 0 Å². The molecule has 1 amide bonds. The minimum atomic E-state index is -4.79. The number of carbonyl (C=O) groups excluding carboxylic acids is 1. The number of piperidine rings is 1. The minimum Gasteiger partial charge on any atom is -0.450 e. The van der Waals surface area contributed by atoms with Crippen LogP contribution in [0.4, 0.5) is 18.0 Å². The van der Waals surface area contributed by atoms with Crippen LogP contribution in [-0.4, -0.2) is 70.6 Å². The van der Waals surface area contributed by atoms with Crippen LogP contribution < -0.4 is 10.4 Å². The van der Waals surface area contributed by atoms with Crippen LogP contribution in [0.5, 0.6) is 5.75 Å². The lowest BCUT2D eigenvalue weighted by molar-refractivity contribution is -0.274. The fourth-order valence-electron chi connectivity index (χ4n) is 4.60. The van der Waals surface area contributed by atoms with Gasteiger partial charge in [-0.1, -0.05) is 0 Å². The molecule has 0 saturated carbocycles. The molecule has 2 saturated heterocycles. The van der Waals surface area contributed by atoms with Crippen molar-refractivity contribution in [2.75, 3.05) is 32.8 Å². The summed E-state index contributed by atoms with van der Waals surface area (Å²) in [5, 5.41) is 0. The molecule has 170 valence electrons. The molecule has 4 rings (SSSR count). The van der Waals surface area contributed by atoms with E-state index in [9.17, 15) is 22.8 Å². The van der Waals surface area contributed by atoms with Crippen LogP contribution in [0.25, 0.3) is 11.0 Å². The first-order valence-corrected chi connectivity index (χ1v) is 10.4. The van der Waals surface area contributed by atoms with Crippen LogP contribution in [0.15, 0.2) is 23.0 Å². The summed E-state index contributed by atoms with van der Waals surface area (Å²) in [6, 6.07) is 4.12. The van der Waals surface area contributed by atoms with Crippen molar-refractivity contribution in [3.8, 4) is 5.75 Å². The van der Waals surface area contributed by atoms with E-state index in [0.717, 1.165) is 32.4 Å². The second-order valence-corrected chi connectivity index (χ2v) is 7.88. The Morgan fingerprint density at radius 3 is 2.55 bits per heavy atom. The minimum absolute atomic E-state index is 0.0468. The van der Waals surface area contributed by atoms with Crippen LogP contribution in [0.3, 0.4) is 0 Å². The van der Waals surface area contributed by atoms with E-state index in [0.29, 0.717) is 30.7 Å². The Hall–Kier alpha value is -2.69. The van der Waals surface area contributed by atoms with Crippen molar-refractivity contribution in [2.45, 2.75) is 44.6 Å². The van der Waals surface area contributed by atoms with Gasteiger partial charge in [0.1, 0.15) is 5.75 Å². The third-order valence-corrected chi connectivity index (χ3v) is 5.99. The number of ether oxygens (including phenoxy) is 2. The van der Waals surface area contributed by atoms with Gasteiger partial charge in [0.25, 0.3) is 0 Å². The number of carbonyl (C=O) groups is 1. The quantitative estimate of drug-likeness (QED) is 0.787. The van der Waals surface area contributed by atoms with Gasteiger partial charge in [0.15, 0.2) is 0 Å². The molecule has 1 N–H and O–H groups in total. The van der Waals surface area contributed by atoms with Crippen molar-refractivity contribution in [3.05, 3.63) is 28.7 Å². The number of H-pyrrole nitrogens is 1. The van der Waals surface area contributed by atoms with Crippen LogP contribution in [0.1, 0.15) is 32.2 Å². The van der Waals surface area contributed by atoms with E-state index in [1.165, 1.54) is 18.2 Å². The molecule has 1 aromatic carbocycles. The molecule has 11 heteroatoms. The fraction of sp³-hybridized carbons (Fsp3) is 0.600. The van der Waals surface area contributed by atoms with E-state index in [2.05, 4.69) is 14.6 Å². The normalized spacial score (nSPS) is 21.0. The maximum absolute atomic E-state index is 12.5. The standard InChI is InChI=1S/C20H25F3N4O4/c1-2-30-19(29)26-10-7-14(12-26)25-8-5-13(6-9-25)27-17-4-3-15(31-20(21,22)23)11-16(17)24-18(27)28/h3-4,11,13-14H,2,5-10,12H2,1H3,(H,24,28)/t14-/m0/s1. The monoisotopic (exact) mass is 442 g/mol. The molecule has 31 heavy (non-hydrogen) atoms. The first-order chi connectivity index (χ1) is 14.7. The van der Waals surface area contributed by atoms with Crippen LogP contribution in [-0.2, 0) is 4.74 Å². The number of nitrogens with zero attached hydrogens (tertiary/aromatic N) is 3. The summed E-state index contributed by atoms with van der Waals surface area (Å²) in [7, 11) is 0. The number of imidazole rings is 1. The van der Waals surface area contributed by atoms with Crippen molar-refractivity contribution in [2.24, 2.45) is 0 Å². The number of aromatic amines is 1. The smallest absolute Gasteiger partial charge is 0.450 e. The molecule has 2 aromatic rings. The lowest BCUT2D eigenvalue weighted by atomic mass is 10.0. The zero-order valence-electron chi connectivity index (χ0n) is 17.2. The second-order valence-electron chi connectivity index (χ2n) is 7.88. The van der Waals surface area contributed by atoms with E-state index in [-0.39, 0.29) is 29.6 Å². The maximum Gasteiger partial charge on any atom is 0.573 e. The number of hydrogen-bond donors (Lipinski definition) is 1. The van der Waals surface area contributed by atoms with Gasteiger partial charge in [-0.15, -0.1) is 13.2 Å². The number of hydrogen-bond acceptors (Lipinski definition) is 5. The van der Waals surface area contributed by atoms with Gasteiger partial charge < -0.3 is 19.4 Å². The number of alkyl halides is 3. The molecule has 0 bridgehead atoms. The third kappa shape index (κ3) is 4.65. The largest absolute Gasteiger partial charge is 0.573 e. The number of fused-ring (bicyclic) bond motifs is 1. The lowest BCUT2D eigenvalue weighted by Gasteiger charge is -2.36. The van der Waals surface area contributed by atoms with Crippen molar-refractivity contribution in [1.29, 1.82) is 0 Å². The highest BCUT2D eigenvalue weighted by molar-refractivity contribution is 5.77. The summed E-state index contributed by atoms with van der Waals surface area (Å²) in [4.78, 5) is 31.1. The Bertz CT molecular complexity index is 994. The van der Waals surface area contributed by atoms with Gasteiger partial charge >= 0.3 is 18.1 Å². The lowest BCUT2D eigenvalue weighted by Crippen LogP contribution is -2.44. The molecule has 3 heterocycles. The van der Waals surface area contributed by atoms with E-state index >= 15 is 0 Å². The average Bonchev–Trinajstić information content (AvgIpc) is 3.31. The number of amides is 1. The first-order valence-electron chi connectivity index (χ1n) is 10.4. The highest BCUT2D eigenvalue weighted by atomic mass is 19.4. The molecule has 8 nitrogen and oxygen atoms in total. The highest BCUT2D eigenvalue weighted by Gasteiger charge is 2.34. The number of benzene rings is 1. The highest BCUT2D eigenvalue weighted by Crippen LogP contribution is 2.30. The number of likely N-dealkylation sites (tertiary alicyclic amines) is 2. The summed E-state index contributed by atoms with van der Waals surface area (Å²) < 4.78 is 48.0. The SMILES string of the molecule is CCOC(=O)N1CC[C@H](N2CCC(n3c(=O)[nH]c4cc(OC(F)(F)F)ccc43)CC2)C1. The summed E-state index contributed by atoms with van der Waals surface area (Å²) in [5.41, 5.74) is 0.536. The van der Waals surface area contributed by atoms with Gasteiger partial charge in [-0.2, -0.15) is 0 Å². The van der Waals surface area contributed by atoms with Crippen molar-refractivity contribution in [3.63, 3.8) is 0 Å². The van der Waals surface area contributed by atoms with E-state index < -0.39 is 6.36 Å². The van der Waals surface area contributed by atoms with Gasteiger partial charge in [-0.05, 0) is 38.3 Å². The van der Waals surface area contributed by atoms with E-state index in [1.54, 1.807) is 16.4 Å². The topological polar surface area (TPSA) is 79.8 Å². The maximum atomic E-state index is 12.5. The van der Waals surface area contributed by atoms with E-state index in [4.69, 9.17) is 4.74 Å². The Labute approximate surface area is 176 Å². The zero-order chi connectivity index (χ0) is 22.2. The number of aromatic nitrogens is 2. The Balaban J connectivity index is 1.41. The first kappa shape index (κ1) is 21.5. The van der Waals surface area contributed by atoms with Crippen molar-refractivity contribution in [1.82, 2.24) is 19.4 Å². The molecule has 0 spiro atoms. The molecule has 0 radical (unpaired) electrons. The predicted octanol–water partition coefficient (Wildman–Crippen LogP) is 3.10. The van der Waals surface area contributed by atoms with Gasteiger partial charge in [0.05, 0.1) is 17.6 Å². The van der Waals surface area contributed by atoms with Gasteiger partial charge in [-0.25, -0.2) is 9.59 Å². The van der Waals surface area contributed by atoms with Gasteiger partial charge in [0.2, 0.25) is 0 Å².